The second-order valence-electron chi connectivity index (χ2n) is 9.46. The van der Waals surface area contributed by atoms with Crippen LogP contribution in [0.1, 0.15) is 53.4 Å². The fraction of sp³-hybridized carbons (Fsp3) is 0.345. The number of esters is 1. The second kappa shape index (κ2) is 9.30. The number of likely N-dealkylation sites (tertiary alicyclic amines) is 1. The van der Waals surface area contributed by atoms with Crippen molar-refractivity contribution in [3.63, 3.8) is 0 Å². The van der Waals surface area contributed by atoms with Crippen molar-refractivity contribution in [2.75, 3.05) is 26.5 Å². The normalized spacial score (nSPS) is 19.5. The molecule has 7 nitrogen and oxygen atoms in total. The molecule has 0 spiro atoms. The zero-order chi connectivity index (χ0) is 24.6. The molecule has 7 heteroatoms. The van der Waals surface area contributed by atoms with E-state index in [1.807, 2.05) is 54.3 Å². The molecule has 1 unspecified atom stereocenters. The SMILES string of the molecule is CCOC(=O)C1CCCN(C(=O)c2c3c(nc4ccccc24)/C(=C/c2ccc4c(c2)OCO4)CC3)C1. The summed E-state index contributed by atoms with van der Waals surface area (Å²) in [6.07, 6.45) is 5.22. The van der Waals surface area contributed by atoms with Gasteiger partial charge in [-0.05, 0) is 73.6 Å². The molecule has 3 heterocycles. The van der Waals surface area contributed by atoms with Gasteiger partial charge in [0.25, 0.3) is 5.91 Å². The fourth-order valence-corrected chi connectivity index (χ4v) is 5.50. The van der Waals surface area contributed by atoms with E-state index in [0.29, 0.717) is 25.3 Å². The van der Waals surface area contributed by atoms with E-state index in [9.17, 15) is 9.59 Å². The minimum atomic E-state index is -0.273. The Hall–Kier alpha value is -3.87. The maximum Gasteiger partial charge on any atom is 0.310 e. The molecule has 36 heavy (non-hydrogen) atoms. The Kier molecular flexibility index (Phi) is 5.83. The van der Waals surface area contributed by atoms with Gasteiger partial charge in [-0.3, -0.25) is 9.59 Å². The molecular weight excluding hydrogens is 456 g/mol. The number of piperidine rings is 1. The van der Waals surface area contributed by atoms with Crippen molar-refractivity contribution in [2.45, 2.75) is 32.6 Å². The number of para-hydroxylation sites is 1. The number of hydrogen-bond donors (Lipinski definition) is 0. The van der Waals surface area contributed by atoms with Crippen LogP contribution in [0.2, 0.25) is 0 Å². The summed E-state index contributed by atoms with van der Waals surface area (Å²) in [6.45, 7) is 3.43. The first kappa shape index (κ1) is 22.6. The maximum absolute atomic E-state index is 14.0. The number of aromatic nitrogens is 1. The Morgan fingerprint density at radius 2 is 2.00 bits per heavy atom. The molecule has 1 atom stereocenters. The molecule has 0 N–H and O–H groups in total. The molecule has 0 saturated carbocycles. The van der Waals surface area contributed by atoms with E-state index in [1.54, 1.807) is 0 Å². The largest absolute Gasteiger partial charge is 0.466 e. The van der Waals surface area contributed by atoms with Crippen molar-refractivity contribution in [3.05, 3.63) is 64.8 Å². The molecular formula is C29H28N2O5. The molecule has 6 rings (SSSR count). The van der Waals surface area contributed by atoms with Crippen molar-refractivity contribution in [2.24, 2.45) is 5.92 Å². The number of rotatable bonds is 4. The number of carbonyl (C=O) groups is 2. The van der Waals surface area contributed by atoms with Gasteiger partial charge in [-0.15, -0.1) is 0 Å². The molecule has 1 aromatic heterocycles. The quantitative estimate of drug-likeness (QED) is 0.492. The highest BCUT2D eigenvalue weighted by Crippen LogP contribution is 2.40. The third-order valence-corrected chi connectivity index (χ3v) is 7.22. The number of nitrogens with zero attached hydrogens (tertiary/aromatic N) is 2. The smallest absolute Gasteiger partial charge is 0.310 e. The van der Waals surface area contributed by atoms with Crippen molar-refractivity contribution >= 4 is 34.4 Å². The number of benzene rings is 2. The van der Waals surface area contributed by atoms with Gasteiger partial charge in [0.05, 0.1) is 29.3 Å². The number of carbonyl (C=O) groups excluding carboxylic acids is 2. The Bertz CT molecular complexity index is 1400. The standard InChI is InChI=1S/C29H28N2O5/c1-2-34-29(33)20-6-5-13-31(16-20)28(32)26-21-7-3-4-8-23(21)30-27-19(10-11-22(26)27)14-18-9-12-24-25(15-18)36-17-35-24/h3-4,7-9,12,14-15,20H,2,5-6,10-11,13,16-17H2,1H3/b19-14+. The second-order valence-corrected chi connectivity index (χ2v) is 9.46. The van der Waals surface area contributed by atoms with Gasteiger partial charge < -0.3 is 19.1 Å². The fourth-order valence-electron chi connectivity index (χ4n) is 5.50. The van der Waals surface area contributed by atoms with Crippen LogP contribution in [0.15, 0.2) is 42.5 Å². The van der Waals surface area contributed by atoms with Gasteiger partial charge in [-0.25, -0.2) is 4.98 Å². The van der Waals surface area contributed by atoms with E-state index < -0.39 is 0 Å². The zero-order valence-electron chi connectivity index (χ0n) is 20.3. The van der Waals surface area contributed by atoms with Crippen LogP contribution in [0.4, 0.5) is 0 Å². The summed E-state index contributed by atoms with van der Waals surface area (Å²) in [5.74, 6) is 0.983. The van der Waals surface area contributed by atoms with E-state index in [2.05, 4.69) is 6.08 Å². The minimum Gasteiger partial charge on any atom is -0.466 e. The average molecular weight is 485 g/mol. The Morgan fingerprint density at radius 1 is 1.14 bits per heavy atom. The van der Waals surface area contributed by atoms with Crippen molar-refractivity contribution in [1.29, 1.82) is 0 Å². The number of hydrogen-bond acceptors (Lipinski definition) is 6. The summed E-state index contributed by atoms with van der Waals surface area (Å²) >= 11 is 0. The first-order chi connectivity index (χ1) is 17.6. The number of amides is 1. The third-order valence-electron chi connectivity index (χ3n) is 7.22. The molecule has 1 fully saturated rings. The highest BCUT2D eigenvalue weighted by atomic mass is 16.7. The Morgan fingerprint density at radius 3 is 2.89 bits per heavy atom. The van der Waals surface area contributed by atoms with Crippen LogP contribution in [-0.2, 0) is 16.0 Å². The minimum absolute atomic E-state index is 0.0248. The van der Waals surface area contributed by atoms with Gasteiger partial charge in [-0.1, -0.05) is 24.3 Å². The third kappa shape index (κ3) is 3.98. The van der Waals surface area contributed by atoms with Crippen LogP contribution in [0.3, 0.4) is 0 Å². The van der Waals surface area contributed by atoms with E-state index >= 15 is 0 Å². The summed E-state index contributed by atoms with van der Waals surface area (Å²) in [4.78, 5) is 33.2. The molecule has 3 aromatic rings. The van der Waals surface area contributed by atoms with Crippen molar-refractivity contribution < 1.29 is 23.8 Å². The van der Waals surface area contributed by atoms with E-state index in [1.165, 1.54) is 0 Å². The lowest BCUT2D eigenvalue weighted by atomic mass is 9.95. The summed E-state index contributed by atoms with van der Waals surface area (Å²) in [5.41, 5.74) is 5.51. The first-order valence-corrected chi connectivity index (χ1v) is 12.6. The lowest BCUT2D eigenvalue weighted by Gasteiger charge is -2.32. The van der Waals surface area contributed by atoms with E-state index in [4.69, 9.17) is 19.2 Å². The average Bonchev–Trinajstić information content (AvgIpc) is 3.54. The topological polar surface area (TPSA) is 78.0 Å². The van der Waals surface area contributed by atoms with Crippen LogP contribution < -0.4 is 9.47 Å². The Balaban J connectivity index is 1.38. The van der Waals surface area contributed by atoms with Gasteiger partial charge in [0.15, 0.2) is 11.5 Å². The van der Waals surface area contributed by atoms with E-state index in [0.717, 1.165) is 70.5 Å². The van der Waals surface area contributed by atoms with Crippen LogP contribution >= 0.6 is 0 Å². The molecule has 184 valence electrons. The summed E-state index contributed by atoms with van der Waals surface area (Å²) in [6, 6.07) is 13.7. The summed E-state index contributed by atoms with van der Waals surface area (Å²) in [7, 11) is 0. The molecule has 2 aromatic carbocycles. The summed E-state index contributed by atoms with van der Waals surface area (Å²) in [5, 5.41) is 0.865. The van der Waals surface area contributed by atoms with Gasteiger partial charge in [0.1, 0.15) is 0 Å². The van der Waals surface area contributed by atoms with Crippen LogP contribution in [0, 0.1) is 5.92 Å². The number of ether oxygens (including phenoxy) is 3. The zero-order valence-corrected chi connectivity index (χ0v) is 20.3. The van der Waals surface area contributed by atoms with Gasteiger partial charge in [-0.2, -0.15) is 0 Å². The number of allylic oxidation sites excluding steroid dienone is 1. The lowest BCUT2D eigenvalue weighted by Crippen LogP contribution is -2.43. The molecule has 0 radical (unpaired) electrons. The lowest BCUT2D eigenvalue weighted by molar-refractivity contribution is -0.149. The summed E-state index contributed by atoms with van der Waals surface area (Å²) < 4.78 is 16.2. The van der Waals surface area contributed by atoms with Crippen LogP contribution in [0.25, 0.3) is 22.6 Å². The highest BCUT2D eigenvalue weighted by Gasteiger charge is 2.33. The molecule has 0 bridgehead atoms. The predicted molar refractivity (Wildman–Crippen MR) is 136 cm³/mol. The molecule has 3 aliphatic rings. The van der Waals surface area contributed by atoms with Crippen LogP contribution in [0.5, 0.6) is 11.5 Å². The van der Waals surface area contributed by atoms with Crippen molar-refractivity contribution in [3.8, 4) is 11.5 Å². The molecule has 1 amide bonds. The van der Waals surface area contributed by atoms with Gasteiger partial charge >= 0.3 is 5.97 Å². The van der Waals surface area contributed by atoms with Crippen LogP contribution in [-0.4, -0.2) is 48.2 Å². The first-order valence-electron chi connectivity index (χ1n) is 12.6. The number of fused-ring (bicyclic) bond motifs is 3. The monoisotopic (exact) mass is 484 g/mol. The van der Waals surface area contributed by atoms with Gasteiger partial charge in [0, 0.05) is 18.5 Å². The van der Waals surface area contributed by atoms with E-state index in [-0.39, 0.29) is 24.6 Å². The number of pyridine rings is 1. The van der Waals surface area contributed by atoms with Gasteiger partial charge in [0.2, 0.25) is 6.79 Å². The van der Waals surface area contributed by atoms with Crippen molar-refractivity contribution in [1.82, 2.24) is 9.88 Å². The predicted octanol–water partition coefficient (Wildman–Crippen LogP) is 4.87. The maximum atomic E-state index is 14.0. The highest BCUT2D eigenvalue weighted by molar-refractivity contribution is 6.09. The Labute approximate surface area is 209 Å². The molecule has 2 aliphatic heterocycles. The molecule has 1 aliphatic carbocycles. The molecule has 1 saturated heterocycles.